The van der Waals surface area contributed by atoms with Gasteiger partial charge in [0.05, 0.1) is 22.0 Å². The molecule has 0 aliphatic heterocycles. The van der Waals surface area contributed by atoms with Gasteiger partial charge in [-0.3, -0.25) is 0 Å². The van der Waals surface area contributed by atoms with Gasteiger partial charge in [-0.1, -0.05) is 35.3 Å². The number of fused-ring (bicyclic) bond motifs is 1. The van der Waals surface area contributed by atoms with Crippen LogP contribution in [0.3, 0.4) is 0 Å². The largest absolute Gasteiger partial charge is 0.245 e. The fourth-order valence-corrected chi connectivity index (χ4v) is 4.01. The SMILES string of the molecule is N#C[C@@H](c1nc2ccccc2nc1Cl)S(=O)(=O)c1ccc(Cl)cc1. The second-order valence-electron chi connectivity index (χ2n) is 4.90. The molecule has 1 atom stereocenters. The van der Waals surface area contributed by atoms with Crippen LogP contribution in [0.25, 0.3) is 11.0 Å². The van der Waals surface area contributed by atoms with E-state index in [0.717, 1.165) is 0 Å². The molecule has 0 N–H and O–H groups in total. The summed E-state index contributed by atoms with van der Waals surface area (Å²) >= 11 is 11.9. The van der Waals surface area contributed by atoms with Gasteiger partial charge in [0.2, 0.25) is 9.84 Å². The van der Waals surface area contributed by atoms with Crippen molar-refractivity contribution in [3.8, 4) is 6.07 Å². The number of hydrogen-bond donors (Lipinski definition) is 0. The third kappa shape index (κ3) is 2.94. The van der Waals surface area contributed by atoms with Crippen LogP contribution in [0.15, 0.2) is 53.4 Å². The maximum absolute atomic E-state index is 12.8. The Kier molecular flexibility index (Phi) is 4.41. The Balaban J connectivity index is 2.17. The van der Waals surface area contributed by atoms with E-state index in [1.807, 2.05) is 0 Å². The first-order valence-electron chi connectivity index (χ1n) is 6.75. The Morgan fingerprint density at radius 1 is 0.958 bits per heavy atom. The van der Waals surface area contributed by atoms with Crippen LogP contribution in [0.1, 0.15) is 10.9 Å². The van der Waals surface area contributed by atoms with Crippen molar-refractivity contribution < 1.29 is 8.42 Å². The molecule has 0 radical (unpaired) electrons. The average Bonchev–Trinajstić information content (AvgIpc) is 2.56. The molecule has 8 heteroatoms. The molecule has 5 nitrogen and oxygen atoms in total. The van der Waals surface area contributed by atoms with Gasteiger partial charge in [0.15, 0.2) is 10.4 Å². The van der Waals surface area contributed by atoms with Crippen LogP contribution < -0.4 is 0 Å². The zero-order chi connectivity index (χ0) is 17.3. The molecule has 0 unspecified atom stereocenters. The summed E-state index contributed by atoms with van der Waals surface area (Å²) in [5.74, 6) is 0. The minimum Gasteiger partial charge on any atom is -0.245 e. The van der Waals surface area contributed by atoms with E-state index in [1.165, 1.54) is 24.3 Å². The molecule has 2 aromatic carbocycles. The maximum Gasteiger partial charge on any atom is 0.200 e. The number of halogens is 2. The Hall–Kier alpha value is -2.20. The highest BCUT2D eigenvalue weighted by molar-refractivity contribution is 7.92. The van der Waals surface area contributed by atoms with E-state index in [4.69, 9.17) is 23.2 Å². The lowest BCUT2D eigenvalue weighted by Crippen LogP contribution is -2.15. The maximum atomic E-state index is 12.8. The summed E-state index contributed by atoms with van der Waals surface area (Å²) in [7, 11) is -4.02. The van der Waals surface area contributed by atoms with E-state index in [9.17, 15) is 13.7 Å². The van der Waals surface area contributed by atoms with Gasteiger partial charge in [-0.25, -0.2) is 18.4 Å². The van der Waals surface area contributed by atoms with Crippen LogP contribution in [0.5, 0.6) is 0 Å². The highest BCUT2D eigenvalue weighted by Crippen LogP contribution is 2.32. The van der Waals surface area contributed by atoms with Crippen molar-refractivity contribution in [1.82, 2.24) is 9.97 Å². The first kappa shape index (κ1) is 16.7. The zero-order valence-electron chi connectivity index (χ0n) is 12.0. The molecule has 0 bridgehead atoms. The molecule has 0 aliphatic rings. The second-order valence-corrected chi connectivity index (χ2v) is 7.72. The van der Waals surface area contributed by atoms with E-state index in [2.05, 4.69) is 9.97 Å². The molecular formula is C16H9Cl2N3O2S. The number of aromatic nitrogens is 2. The van der Waals surface area contributed by atoms with E-state index < -0.39 is 15.1 Å². The number of nitrogens with zero attached hydrogens (tertiary/aromatic N) is 3. The van der Waals surface area contributed by atoms with E-state index in [0.29, 0.717) is 16.1 Å². The van der Waals surface area contributed by atoms with Gasteiger partial charge >= 0.3 is 0 Å². The van der Waals surface area contributed by atoms with Gasteiger partial charge in [-0.05, 0) is 36.4 Å². The lowest BCUT2D eigenvalue weighted by atomic mass is 10.2. The third-order valence-corrected chi connectivity index (χ3v) is 5.78. The van der Waals surface area contributed by atoms with Crippen LogP contribution in [0.4, 0.5) is 0 Å². The van der Waals surface area contributed by atoms with Crippen LogP contribution >= 0.6 is 23.2 Å². The van der Waals surface area contributed by atoms with Crippen LogP contribution in [-0.2, 0) is 9.84 Å². The quantitative estimate of drug-likeness (QED) is 0.689. The number of nitriles is 1. The van der Waals surface area contributed by atoms with Crippen molar-refractivity contribution >= 4 is 44.1 Å². The van der Waals surface area contributed by atoms with E-state index in [1.54, 1.807) is 30.3 Å². The third-order valence-electron chi connectivity index (χ3n) is 3.37. The molecule has 0 spiro atoms. The number of rotatable bonds is 3. The smallest absolute Gasteiger partial charge is 0.200 e. The molecule has 0 saturated heterocycles. The molecule has 24 heavy (non-hydrogen) atoms. The summed E-state index contributed by atoms with van der Waals surface area (Å²) < 4.78 is 25.5. The lowest BCUT2D eigenvalue weighted by Gasteiger charge is -2.12. The normalized spacial score (nSPS) is 12.7. The van der Waals surface area contributed by atoms with Crippen LogP contribution in [0, 0.1) is 11.3 Å². The summed E-state index contributed by atoms with van der Waals surface area (Å²) in [6.07, 6.45) is 0. The van der Waals surface area contributed by atoms with Crippen molar-refractivity contribution in [3.63, 3.8) is 0 Å². The summed E-state index contributed by atoms with van der Waals surface area (Å²) in [5, 5.41) is 8.16. The predicted octanol–water partition coefficient (Wildman–Crippen LogP) is 3.98. The minimum absolute atomic E-state index is 0.0375. The highest BCUT2D eigenvalue weighted by atomic mass is 35.5. The molecule has 1 heterocycles. The predicted molar refractivity (Wildman–Crippen MR) is 91.5 cm³/mol. The number of para-hydroxylation sites is 2. The standard InChI is InChI=1S/C16H9Cl2N3O2S/c17-10-5-7-11(8-6-10)24(22,23)14(9-19)15-16(18)21-13-4-2-1-3-12(13)20-15/h1-8,14H/t14-/m0/s1. The fraction of sp³-hybridized carbons (Fsp3) is 0.0625. The van der Waals surface area contributed by atoms with Crippen LogP contribution in [-0.4, -0.2) is 18.4 Å². The molecule has 1 aromatic heterocycles. The Morgan fingerprint density at radius 2 is 1.54 bits per heavy atom. The lowest BCUT2D eigenvalue weighted by molar-refractivity contribution is 0.590. The van der Waals surface area contributed by atoms with Crippen LogP contribution in [0.2, 0.25) is 10.2 Å². The monoisotopic (exact) mass is 377 g/mol. The first-order chi connectivity index (χ1) is 11.4. The van der Waals surface area contributed by atoms with Crippen molar-refractivity contribution in [2.75, 3.05) is 0 Å². The number of hydrogen-bond acceptors (Lipinski definition) is 5. The summed E-state index contributed by atoms with van der Waals surface area (Å²) in [6.45, 7) is 0. The zero-order valence-corrected chi connectivity index (χ0v) is 14.3. The Labute approximate surface area is 148 Å². The van der Waals surface area contributed by atoms with Crippen molar-refractivity contribution in [3.05, 3.63) is 64.4 Å². The molecule has 0 aliphatic carbocycles. The topological polar surface area (TPSA) is 83.7 Å². The molecule has 120 valence electrons. The van der Waals surface area contributed by atoms with E-state index in [-0.39, 0.29) is 15.7 Å². The number of benzene rings is 2. The highest BCUT2D eigenvalue weighted by Gasteiger charge is 2.33. The van der Waals surface area contributed by atoms with Gasteiger partial charge in [0.25, 0.3) is 0 Å². The van der Waals surface area contributed by atoms with Crippen molar-refractivity contribution in [2.45, 2.75) is 10.1 Å². The Bertz CT molecular complexity index is 1060. The number of sulfone groups is 1. The fourth-order valence-electron chi connectivity index (χ4n) is 2.20. The van der Waals surface area contributed by atoms with Gasteiger partial charge in [-0.2, -0.15) is 5.26 Å². The van der Waals surface area contributed by atoms with Crippen molar-refractivity contribution in [2.24, 2.45) is 0 Å². The summed E-state index contributed by atoms with van der Waals surface area (Å²) in [5.41, 5.74) is 0.892. The van der Waals surface area contributed by atoms with Gasteiger partial charge in [0.1, 0.15) is 5.69 Å². The molecule has 0 fully saturated rings. The molecule has 0 saturated carbocycles. The molecular weight excluding hydrogens is 369 g/mol. The Morgan fingerprint density at radius 3 is 2.12 bits per heavy atom. The second kappa shape index (κ2) is 6.36. The van der Waals surface area contributed by atoms with Gasteiger partial charge in [0, 0.05) is 5.02 Å². The molecule has 3 rings (SSSR count). The minimum atomic E-state index is -4.02. The summed E-state index contributed by atoms with van der Waals surface area (Å²) in [4.78, 5) is 8.33. The van der Waals surface area contributed by atoms with Crippen molar-refractivity contribution in [1.29, 1.82) is 5.26 Å². The van der Waals surface area contributed by atoms with Gasteiger partial charge < -0.3 is 0 Å². The van der Waals surface area contributed by atoms with Gasteiger partial charge in [-0.15, -0.1) is 0 Å². The summed E-state index contributed by atoms with van der Waals surface area (Å²) in [6, 6.07) is 14.2. The molecule has 0 amide bonds. The van der Waals surface area contributed by atoms with E-state index >= 15 is 0 Å². The average molecular weight is 378 g/mol. The molecule has 3 aromatic rings. The first-order valence-corrected chi connectivity index (χ1v) is 9.05.